The third kappa shape index (κ3) is 3.07. The minimum absolute atomic E-state index is 0.0102. The van der Waals surface area contributed by atoms with Crippen molar-refractivity contribution in [3.05, 3.63) is 51.2 Å². The van der Waals surface area contributed by atoms with Gasteiger partial charge in [-0.15, -0.1) is 0 Å². The molecule has 0 aliphatic rings. The van der Waals surface area contributed by atoms with Crippen molar-refractivity contribution in [1.29, 1.82) is 0 Å². The molecule has 2 heterocycles. The molecule has 0 radical (unpaired) electrons. The Hall–Kier alpha value is -3.11. The van der Waals surface area contributed by atoms with Gasteiger partial charge in [0.05, 0.1) is 6.54 Å². The summed E-state index contributed by atoms with van der Waals surface area (Å²) in [6, 6.07) is 9.06. The van der Waals surface area contributed by atoms with Gasteiger partial charge in [0.2, 0.25) is 5.95 Å². The molecule has 26 heavy (non-hydrogen) atoms. The highest BCUT2D eigenvalue weighted by atomic mass is 16.5. The minimum Gasteiger partial charge on any atom is -0.491 e. The molecule has 2 aromatic heterocycles. The van der Waals surface area contributed by atoms with Gasteiger partial charge >= 0.3 is 5.69 Å². The van der Waals surface area contributed by atoms with E-state index in [-0.39, 0.29) is 30.3 Å². The predicted molar refractivity (Wildman–Crippen MR) is 96.0 cm³/mol. The molecule has 0 fully saturated rings. The maximum absolute atomic E-state index is 12.5. The lowest BCUT2D eigenvalue weighted by Gasteiger charge is -2.15. The molecular formula is C16H20N6O4. The quantitative estimate of drug-likeness (QED) is 0.386. The highest BCUT2D eigenvalue weighted by molar-refractivity contribution is 5.74. The van der Waals surface area contributed by atoms with Crippen LogP contribution in [0.4, 0.5) is 5.95 Å². The van der Waals surface area contributed by atoms with Gasteiger partial charge < -0.3 is 14.4 Å². The van der Waals surface area contributed by atoms with Gasteiger partial charge in [-0.1, -0.05) is 18.2 Å². The van der Waals surface area contributed by atoms with Crippen LogP contribution in [0.25, 0.3) is 11.2 Å². The highest BCUT2D eigenvalue weighted by Crippen LogP contribution is 2.16. The average molecular weight is 360 g/mol. The summed E-state index contributed by atoms with van der Waals surface area (Å²) >= 11 is 0. The van der Waals surface area contributed by atoms with E-state index in [0.29, 0.717) is 5.75 Å². The number of ether oxygens (including phenoxy) is 1. The molecule has 138 valence electrons. The summed E-state index contributed by atoms with van der Waals surface area (Å²) in [5.41, 5.74) is 1.73. The predicted octanol–water partition coefficient (Wildman–Crippen LogP) is -0.841. The number of nitrogens with two attached hydrogens (primary N) is 1. The molecule has 0 saturated carbocycles. The fraction of sp³-hybridized carbons (Fsp3) is 0.312. The van der Waals surface area contributed by atoms with E-state index in [0.717, 1.165) is 4.57 Å². The van der Waals surface area contributed by atoms with E-state index in [2.05, 4.69) is 10.4 Å². The van der Waals surface area contributed by atoms with E-state index >= 15 is 0 Å². The van der Waals surface area contributed by atoms with E-state index in [1.54, 1.807) is 12.1 Å². The smallest absolute Gasteiger partial charge is 0.332 e. The molecule has 0 aliphatic carbocycles. The molecule has 3 rings (SSSR count). The lowest BCUT2D eigenvalue weighted by Crippen LogP contribution is -2.38. The largest absolute Gasteiger partial charge is 0.491 e. The van der Waals surface area contributed by atoms with Crippen molar-refractivity contribution in [2.75, 3.05) is 12.0 Å². The summed E-state index contributed by atoms with van der Waals surface area (Å²) in [4.78, 5) is 28.8. The second kappa shape index (κ2) is 7.02. The SMILES string of the molecule is Cn1c(=O)c2c(nc(NN)n2C[C@H](O)COc2ccccc2)n(C)c1=O. The maximum Gasteiger partial charge on any atom is 0.332 e. The Kier molecular flexibility index (Phi) is 4.78. The van der Waals surface area contributed by atoms with Crippen LogP contribution in [0.3, 0.4) is 0 Å². The average Bonchev–Trinajstić information content (AvgIpc) is 3.02. The van der Waals surface area contributed by atoms with Crippen molar-refractivity contribution < 1.29 is 9.84 Å². The minimum atomic E-state index is -0.929. The number of rotatable bonds is 6. The van der Waals surface area contributed by atoms with E-state index in [4.69, 9.17) is 10.6 Å². The maximum atomic E-state index is 12.5. The normalized spacial score (nSPS) is 12.3. The van der Waals surface area contributed by atoms with Gasteiger partial charge in [0.25, 0.3) is 5.56 Å². The summed E-state index contributed by atoms with van der Waals surface area (Å²) in [7, 11) is 2.89. The number of aromatic nitrogens is 4. The number of fused-ring (bicyclic) bond motifs is 1. The topological polar surface area (TPSA) is 129 Å². The van der Waals surface area contributed by atoms with Crippen molar-refractivity contribution in [2.45, 2.75) is 12.6 Å². The molecule has 0 aliphatic heterocycles. The van der Waals surface area contributed by atoms with Crippen LogP contribution in [0.1, 0.15) is 0 Å². The molecule has 0 saturated heterocycles. The molecule has 1 aromatic carbocycles. The Labute approximate surface area is 148 Å². The molecule has 3 aromatic rings. The fourth-order valence-corrected chi connectivity index (χ4v) is 2.71. The molecule has 0 bridgehead atoms. The fourth-order valence-electron chi connectivity index (χ4n) is 2.71. The van der Waals surface area contributed by atoms with Gasteiger partial charge in [-0.25, -0.2) is 10.6 Å². The molecule has 4 N–H and O–H groups in total. The number of aliphatic hydroxyl groups excluding tert-OH is 1. The number of nitrogens with one attached hydrogen (secondary N) is 1. The van der Waals surface area contributed by atoms with Crippen molar-refractivity contribution in [3.63, 3.8) is 0 Å². The number of nitrogens with zero attached hydrogens (tertiary/aromatic N) is 4. The van der Waals surface area contributed by atoms with Crippen LogP contribution in [0.15, 0.2) is 39.9 Å². The third-order valence-electron chi connectivity index (χ3n) is 4.06. The first-order chi connectivity index (χ1) is 12.4. The zero-order valence-electron chi connectivity index (χ0n) is 14.4. The van der Waals surface area contributed by atoms with Gasteiger partial charge in [0.1, 0.15) is 18.5 Å². The van der Waals surface area contributed by atoms with E-state index in [1.165, 1.54) is 23.2 Å². The van der Waals surface area contributed by atoms with Crippen LogP contribution in [0, 0.1) is 0 Å². The number of hydrazine groups is 1. The van der Waals surface area contributed by atoms with Crippen LogP contribution >= 0.6 is 0 Å². The number of anilines is 1. The lowest BCUT2D eigenvalue weighted by molar-refractivity contribution is 0.0938. The number of hydrogen-bond donors (Lipinski definition) is 3. The highest BCUT2D eigenvalue weighted by Gasteiger charge is 2.20. The number of benzene rings is 1. The van der Waals surface area contributed by atoms with Crippen molar-refractivity contribution in [3.8, 4) is 5.75 Å². The number of aryl methyl sites for hydroxylation is 1. The summed E-state index contributed by atoms with van der Waals surface area (Å²) in [6.07, 6.45) is -0.929. The van der Waals surface area contributed by atoms with Gasteiger partial charge in [0.15, 0.2) is 11.2 Å². The molecule has 0 unspecified atom stereocenters. The number of para-hydroxylation sites is 1. The summed E-state index contributed by atoms with van der Waals surface area (Å²) in [5, 5.41) is 10.3. The Bertz CT molecular complexity index is 1040. The number of hydrogen-bond acceptors (Lipinski definition) is 7. The Morgan fingerprint density at radius 3 is 2.58 bits per heavy atom. The van der Waals surface area contributed by atoms with E-state index in [9.17, 15) is 14.7 Å². The van der Waals surface area contributed by atoms with E-state index in [1.807, 2.05) is 18.2 Å². The van der Waals surface area contributed by atoms with Crippen LogP contribution in [0.5, 0.6) is 5.75 Å². The standard InChI is InChI=1S/C16H20N6O4/c1-20-13-12(14(24)21(2)16(20)25)22(15(18-13)19-17)8-10(23)9-26-11-6-4-3-5-7-11/h3-7,10,23H,8-9,17H2,1-2H3,(H,18,19)/t10-/m0/s1. The molecule has 10 heteroatoms. The molecule has 0 amide bonds. The van der Waals surface area contributed by atoms with Gasteiger partial charge in [-0.2, -0.15) is 4.98 Å². The molecule has 0 spiro atoms. The second-order valence-corrected chi connectivity index (χ2v) is 5.85. The first kappa shape index (κ1) is 17.7. The summed E-state index contributed by atoms with van der Waals surface area (Å²) in [5.74, 6) is 6.28. The van der Waals surface area contributed by atoms with Crippen LogP contribution < -0.4 is 27.3 Å². The van der Waals surface area contributed by atoms with Gasteiger partial charge in [-0.05, 0) is 12.1 Å². The van der Waals surface area contributed by atoms with E-state index < -0.39 is 17.4 Å². The van der Waals surface area contributed by atoms with Gasteiger partial charge in [-0.3, -0.25) is 19.4 Å². The number of aliphatic hydroxyl groups is 1. The first-order valence-electron chi connectivity index (χ1n) is 7.92. The molecular weight excluding hydrogens is 340 g/mol. The van der Waals surface area contributed by atoms with Crippen molar-refractivity contribution in [1.82, 2.24) is 18.7 Å². The van der Waals surface area contributed by atoms with Crippen LogP contribution in [0.2, 0.25) is 0 Å². The van der Waals surface area contributed by atoms with Crippen molar-refractivity contribution >= 4 is 17.1 Å². The molecule has 10 nitrogen and oxygen atoms in total. The summed E-state index contributed by atoms with van der Waals surface area (Å²) < 4.78 is 9.20. The third-order valence-corrected chi connectivity index (χ3v) is 4.06. The Morgan fingerprint density at radius 2 is 1.92 bits per heavy atom. The second-order valence-electron chi connectivity index (χ2n) is 5.85. The van der Waals surface area contributed by atoms with Crippen molar-refractivity contribution in [2.24, 2.45) is 19.9 Å². The number of nitrogen functional groups attached to an aromatic ring is 1. The lowest BCUT2D eigenvalue weighted by atomic mass is 10.3. The summed E-state index contributed by atoms with van der Waals surface area (Å²) in [6.45, 7) is 0.0239. The van der Waals surface area contributed by atoms with Crippen LogP contribution in [-0.4, -0.2) is 36.5 Å². The number of imidazole rings is 1. The zero-order chi connectivity index (χ0) is 18.8. The Balaban J connectivity index is 1.94. The van der Waals surface area contributed by atoms with Gasteiger partial charge in [0, 0.05) is 14.1 Å². The Morgan fingerprint density at radius 1 is 1.23 bits per heavy atom. The molecule has 1 atom stereocenters. The monoisotopic (exact) mass is 360 g/mol. The first-order valence-corrected chi connectivity index (χ1v) is 7.92. The van der Waals surface area contributed by atoms with Crippen LogP contribution in [-0.2, 0) is 20.6 Å². The zero-order valence-corrected chi connectivity index (χ0v) is 14.4.